The van der Waals surface area contributed by atoms with Gasteiger partial charge in [0.1, 0.15) is 18.1 Å². The first kappa shape index (κ1) is 21.4. The summed E-state index contributed by atoms with van der Waals surface area (Å²) in [6.45, 7) is 3.72. The summed E-state index contributed by atoms with van der Waals surface area (Å²) >= 11 is 0. The lowest BCUT2D eigenvalue weighted by Crippen LogP contribution is -2.36. The Hall–Kier alpha value is -3.46. The van der Waals surface area contributed by atoms with E-state index in [-0.39, 0.29) is 23.9 Å². The van der Waals surface area contributed by atoms with E-state index in [2.05, 4.69) is 27.1 Å². The molecule has 1 aromatic carbocycles. The highest BCUT2D eigenvalue weighted by molar-refractivity contribution is 5.76. The van der Waals surface area contributed by atoms with E-state index in [4.69, 9.17) is 9.72 Å². The number of aromatic nitrogens is 4. The minimum atomic E-state index is -0.0413. The second-order valence-electron chi connectivity index (χ2n) is 8.71. The maximum atomic E-state index is 12.8. The van der Waals surface area contributed by atoms with Crippen molar-refractivity contribution in [2.24, 2.45) is 0 Å². The van der Waals surface area contributed by atoms with Gasteiger partial charge in [0.05, 0.1) is 12.8 Å². The van der Waals surface area contributed by atoms with E-state index in [0.717, 1.165) is 36.5 Å². The van der Waals surface area contributed by atoms with Gasteiger partial charge in [-0.25, -0.2) is 4.98 Å². The van der Waals surface area contributed by atoms with Crippen molar-refractivity contribution in [1.29, 1.82) is 0 Å². The number of nitrogens with one attached hydrogen (secondary N) is 1. The summed E-state index contributed by atoms with van der Waals surface area (Å²) in [5, 5.41) is 4.11. The van der Waals surface area contributed by atoms with Gasteiger partial charge in [-0.2, -0.15) is 5.10 Å². The predicted molar refractivity (Wildman–Crippen MR) is 122 cm³/mol. The first-order chi connectivity index (χ1) is 16.1. The smallest absolute Gasteiger partial charge is 0.254 e. The normalized spacial score (nSPS) is 18.3. The minimum Gasteiger partial charge on any atom is -0.497 e. The summed E-state index contributed by atoms with van der Waals surface area (Å²) in [4.78, 5) is 37.4. The Bertz CT molecular complexity index is 1170. The molecule has 2 aliphatic heterocycles. The Morgan fingerprint density at radius 2 is 2.09 bits per heavy atom. The highest BCUT2D eigenvalue weighted by atomic mass is 16.5. The van der Waals surface area contributed by atoms with Crippen molar-refractivity contribution in [3.8, 4) is 5.75 Å². The standard InChI is InChI=1S/C24H28N6O3/c1-33-19-5-3-17(4-6-19)13-28-11-8-20-21(15-28)26-23(27-24(20)32)18-7-12-29(14-18)22(31)16-30-10-2-9-25-30/h2-6,9-10,18H,7-8,11-16H2,1H3,(H,26,27,32)/t18-/m1/s1. The van der Waals surface area contributed by atoms with Crippen LogP contribution in [0.5, 0.6) is 5.75 Å². The zero-order valence-corrected chi connectivity index (χ0v) is 18.7. The van der Waals surface area contributed by atoms with Gasteiger partial charge in [0, 0.05) is 56.6 Å². The largest absolute Gasteiger partial charge is 0.497 e. The molecular formula is C24H28N6O3. The number of hydrogen-bond acceptors (Lipinski definition) is 6. The molecule has 1 saturated heterocycles. The van der Waals surface area contributed by atoms with Crippen molar-refractivity contribution in [2.75, 3.05) is 26.7 Å². The Morgan fingerprint density at radius 1 is 1.24 bits per heavy atom. The number of hydrogen-bond donors (Lipinski definition) is 1. The molecule has 33 heavy (non-hydrogen) atoms. The Kier molecular flexibility index (Phi) is 5.95. The summed E-state index contributed by atoms with van der Waals surface area (Å²) in [7, 11) is 1.66. The maximum absolute atomic E-state index is 12.8. The van der Waals surface area contributed by atoms with Gasteiger partial charge in [-0.1, -0.05) is 12.1 Å². The third-order valence-corrected chi connectivity index (χ3v) is 6.52. The van der Waals surface area contributed by atoms with E-state index in [1.54, 1.807) is 30.3 Å². The van der Waals surface area contributed by atoms with Crippen LogP contribution in [0.15, 0.2) is 47.5 Å². The monoisotopic (exact) mass is 448 g/mol. The molecule has 172 valence electrons. The van der Waals surface area contributed by atoms with Crippen molar-refractivity contribution in [3.05, 3.63) is 75.7 Å². The van der Waals surface area contributed by atoms with E-state index in [1.165, 1.54) is 5.56 Å². The summed E-state index contributed by atoms with van der Waals surface area (Å²) in [5.41, 5.74) is 2.80. The van der Waals surface area contributed by atoms with Crippen LogP contribution in [-0.2, 0) is 30.8 Å². The molecule has 0 aliphatic carbocycles. The van der Waals surface area contributed by atoms with Crippen LogP contribution in [0, 0.1) is 0 Å². The average Bonchev–Trinajstić information content (AvgIpc) is 3.52. The second-order valence-corrected chi connectivity index (χ2v) is 8.71. The predicted octanol–water partition coefficient (Wildman–Crippen LogP) is 1.55. The minimum absolute atomic E-state index is 0.0344. The zero-order chi connectivity index (χ0) is 22.8. The quantitative estimate of drug-likeness (QED) is 0.615. The maximum Gasteiger partial charge on any atom is 0.254 e. The van der Waals surface area contributed by atoms with Gasteiger partial charge in [0.2, 0.25) is 5.91 Å². The van der Waals surface area contributed by atoms with E-state index in [0.29, 0.717) is 31.9 Å². The van der Waals surface area contributed by atoms with Crippen molar-refractivity contribution in [3.63, 3.8) is 0 Å². The lowest BCUT2D eigenvalue weighted by molar-refractivity contribution is -0.131. The molecule has 0 spiro atoms. The van der Waals surface area contributed by atoms with Gasteiger partial charge >= 0.3 is 0 Å². The van der Waals surface area contributed by atoms with E-state index in [1.807, 2.05) is 17.0 Å². The highest BCUT2D eigenvalue weighted by Gasteiger charge is 2.30. The van der Waals surface area contributed by atoms with Gasteiger partial charge in [-0.15, -0.1) is 0 Å². The van der Waals surface area contributed by atoms with Gasteiger partial charge in [-0.05, 0) is 36.6 Å². The number of aromatic amines is 1. The summed E-state index contributed by atoms with van der Waals surface area (Å²) in [6.07, 6.45) is 4.93. The molecule has 0 saturated carbocycles. The van der Waals surface area contributed by atoms with Crippen LogP contribution in [0.3, 0.4) is 0 Å². The van der Waals surface area contributed by atoms with Crippen LogP contribution in [0.2, 0.25) is 0 Å². The number of benzene rings is 1. The first-order valence-electron chi connectivity index (χ1n) is 11.3. The number of rotatable bonds is 6. The third kappa shape index (κ3) is 4.68. The summed E-state index contributed by atoms with van der Waals surface area (Å²) < 4.78 is 6.87. The Morgan fingerprint density at radius 3 is 2.85 bits per heavy atom. The number of fused-ring (bicyclic) bond motifs is 1. The molecule has 1 N–H and O–H groups in total. The number of amides is 1. The number of carbonyl (C=O) groups is 1. The van der Waals surface area contributed by atoms with Crippen molar-refractivity contribution >= 4 is 5.91 Å². The van der Waals surface area contributed by atoms with E-state index in [9.17, 15) is 9.59 Å². The third-order valence-electron chi connectivity index (χ3n) is 6.52. The molecule has 1 atom stereocenters. The fraction of sp³-hybridized carbons (Fsp3) is 0.417. The molecule has 9 heteroatoms. The van der Waals surface area contributed by atoms with Crippen LogP contribution in [0.25, 0.3) is 0 Å². The lowest BCUT2D eigenvalue weighted by atomic mass is 10.0. The summed E-state index contributed by atoms with van der Waals surface area (Å²) in [5.74, 6) is 1.61. The highest BCUT2D eigenvalue weighted by Crippen LogP contribution is 2.26. The number of ether oxygens (including phenoxy) is 1. The molecule has 5 rings (SSSR count). The van der Waals surface area contributed by atoms with Gasteiger partial charge in [-0.3, -0.25) is 19.2 Å². The molecule has 0 radical (unpaired) electrons. The fourth-order valence-corrected chi connectivity index (χ4v) is 4.67. The topological polar surface area (TPSA) is 96.3 Å². The molecular weight excluding hydrogens is 420 g/mol. The van der Waals surface area contributed by atoms with Crippen molar-refractivity contribution in [2.45, 2.75) is 38.4 Å². The van der Waals surface area contributed by atoms with Crippen LogP contribution in [-0.4, -0.2) is 62.2 Å². The Labute approximate surface area is 192 Å². The second kappa shape index (κ2) is 9.19. The number of methoxy groups -OCH3 is 1. The number of likely N-dealkylation sites (tertiary alicyclic amines) is 1. The molecule has 0 bridgehead atoms. The number of carbonyl (C=O) groups excluding carboxylic acids is 1. The molecule has 1 fully saturated rings. The molecule has 3 aromatic rings. The van der Waals surface area contributed by atoms with Crippen LogP contribution < -0.4 is 10.3 Å². The molecule has 2 aromatic heterocycles. The van der Waals surface area contributed by atoms with Crippen LogP contribution in [0.1, 0.15) is 35.0 Å². The average molecular weight is 449 g/mol. The van der Waals surface area contributed by atoms with Gasteiger partial charge < -0.3 is 14.6 Å². The lowest BCUT2D eigenvalue weighted by Gasteiger charge is -2.28. The van der Waals surface area contributed by atoms with Gasteiger partial charge in [0.15, 0.2) is 0 Å². The number of H-pyrrole nitrogens is 1. The molecule has 2 aliphatic rings. The molecule has 0 unspecified atom stereocenters. The van der Waals surface area contributed by atoms with Crippen LogP contribution in [0.4, 0.5) is 0 Å². The number of nitrogens with zero attached hydrogens (tertiary/aromatic N) is 5. The van der Waals surface area contributed by atoms with Crippen molar-refractivity contribution in [1.82, 2.24) is 29.5 Å². The summed E-state index contributed by atoms with van der Waals surface area (Å²) in [6, 6.07) is 9.87. The van der Waals surface area contributed by atoms with E-state index >= 15 is 0 Å². The molecule has 1 amide bonds. The van der Waals surface area contributed by atoms with Crippen molar-refractivity contribution < 1.29 is 9.53 Å². The van der Waals surface area contributed by atoms with Gasteiger partial charge in [0.25, 0.3) is 5.56 Å². The molecule has 9 nitrogen and oxygen atoms in total. The SMILES string of the molecule is COc1ccc(CN2CCc3c(nc([C@@H]4CCN(C(=O)Cn5cccn5)C4)[nH]c3=O)C2)cc1. The molecule has 4 heterocycles. The van der Waals surface area contributed by atoms with E-state index < -0.39 is 0 Å². The Balaban J connectivity index is 1.26. The van der Waals surface area contributed by atoms with Crippen LogP contribution >= 0.6 is 0 Å². The fourth-order valence-electron chi connectivity index (χ4n) is 4.67. The first-order valence-corrected chi connectivity index (χ1v) is 11.3. The zero-order valence-electron chi connectivity index (χ0n) is 18.7.